The summed E-state index contributed by atoms with van der Waals surface area (Å²) in [4.78, 5) is 65.8. The van der Waals surface area contributed by atoms with Gasteiger partial charge in [-0.15, -0.1) is 0 Å². The lowest BCUT2D eigenvalue weighted by Gasteiger charge is -2.37. The number of carboxylic acids is 2. The first kappa shape index (κ1) is 37.2. The maximum absolute atomic E-state index is 14.7. The highest BCUT2D eigenvalue weighted by Crippen LogP contribution is 2.54. The third-order valence-corrected chi connectivity index (χ3v) is 9.44. The molecule has 0 spiro atoms. The molecule has 0 aromatic heterocycles. The molecule has 2 N–H and O–H groups in total. The third-order valence-electron chi connectivity index (χ3n) is 9.44. The Kier molecular flexibility index (Phi) is 10.2. The van der Waals surface area contributed by atoms with Crippen LogP contribution in [0.25, 0.3) is 0 Å². The summed E-state index contributed by atoms with van der Waals surface area (Å²) >= 11 is 0. The van der Waals surface area contributed by atoms with Gasteiger partial charge in [0.25, 0.3) is 5.69 Å². The van der Waals surface area contributed by atoms with E-state index in [1.54, 1.807) is 31.2 Å². The molecule has 2 aliphatic rings. The molecule has 3 aromatic carbocycles. The van der Waals surface area contributed by atoms with Crippen LogP contribution < -0.4 is 23.7 Å². The van der Waals surface area contributed by atoms with Crippen molar-refractivity contribution in [3.8, 4) is 34.5 Å². The Morgan fingerprint density at radius 1 is 0.904 bits per heavy atom. The minimum Gasteiger partial charge on any atom is -0.496 e. The second-order valence-electron chi connectivity index (χ2n) is 12.7. The highest BCUT2D eigenvalue weighted by molar-refractivity contribution is 5.93. The summed E-state index contributed by atoms with van der Waals surface area (Å²) in [5.41, 5.74) is 0.772. The van der Waals surface area contributed by atoms with Gasteiger partial charge in [-0.05, 0) is 26.0 Å². The molecular formula is C36H39N3O13. The number of benzene rings is 3. The summed E-state index contributed by atoms with van der Waals surface area (Å²) in [7, 11) is 4.06. The van der Waals surface area contributed by atoms with Crippen molar-refractivity contribution >= 4 is 29.4 Å². The lowest BCUT2D eigenvalue weighted by molar-refractivity contribution is -0.385. The van der Waals surface area contributed by atoms with Crippen LogP contribution in [0.2, 0.25) is 0 Å². The molecule has 0 bridgehead atoms. The van der Waals surface area contributed by atoms with Crippen LogP contribution in [0.1, 0.15) is 61.7 Å². The van der Waals surface area contributed by atoms with Crippen LogP contribution in [0.4, 0.5) is 5.69 Å². The molecule has 5 rings (SSSR count). The van der Waals surface area contributed by atoms with Crippen molar-refractivity contribution in [2.45, 2.75) is 58.2 Å². The molecule has 16 nitrogen and oxygen atoms in total. The van der Waals surface area contributed by atoms with Gasteiger partial charge in [0, 0.05) is 45.8 Å². The molecule has 0 unspecified atom stereocenters. The van der Waals surface area contributed by atoms with Crippen LogP contribution in [0.3, 0.4) is 0 Å². The zero-order valence-electron chi connectivity index (χ0n) is 29.7. The summed E-state index contributed by atoms with van der Waals surface area (Å²) in [5.74, 6) is -2.75. The first-order valence-corrected chi connectivity index (χ1v) is 16.2. The number of hydrogen-bond donors (Lipinski definition) is 2. The number of carboxylic acid groups (broad SMARTS) is 2. The Hall–Kier alpha value is -6.06. The standard InChI is InChI=1S/C36H39N3O13/c1-8-37-34(22-13-19(39(46)47)14-27(50-7)33(22)51-17-30(43)44)38(18(2)35(37)45)28(40)15-20-25(48-5)11-9-23-31(20)52-32-21(16-29(41)42)26(49-6)12-10-24(32)36(23,3)4/h9-14,18,34H,8,15-17H2,1-7H3,(H,41,42)(H,43,44)/t18-,34+/m0/s1. The van der Waals surface area contributed by atoms with Gasteiger partial charge in [-0.1, -0.05) is 26.0 Å². The second-order valence-corrected chi connectivity index (χ2v) is 12.7. The highest BCUT2D eigenvalue weighted by Gasteiger charge is 2.49. The van der Waals surface area contributed by atoms with Crippen molar-refractivity contribution in [2.75, 3.05) is 34.5 Å². The van der Waals surface area contributed by atoms with E-state index in [2.05, 4.69) is 0 Å². The second kappa shape index (κ2) is 14.3. The van der Waals surface area contributed by atoms with Crippen molar-refractivity contribution in [2.24, 2.45) is 0 Å². The number of ether oxygens (including phenoxy) is 5. The molecule has 1 saturated heterocycles. The van der Waals surface area contributed by atoms with Gasteiger partial charge in [0.15, 0.2) is 18.1 Å². The normalized spacial score (nSPS) is 17.1. The summed E-state index contributed by atoms with van der Waals surface area (Å²) in [5, 5.41) is 31.2. The number of methoxy groups -OCH3 is 3. The van der Waals surface area contributed by atoms with E-state index < -0.39 is 65.0 Å². The van der Waals surface area contributed by atoms with E-state index in [1.807, 2.05) is 13.8 Å². The smallest absolute Gasteiger partial charge is 0.341 e. The molecule has 2 amide bonds. The van der Waals surface area contributed by atoms with E-state index in [0.29, 0.717) is 28.0 Å². The molecule has 2 atom stereocenters. The van der Waals surface area contributed by atoms with Crippen LogP contribution in [0, 0.1) is 10.1 Å². The summed E-state index contributed by atoms with van der Waals surface area (Å²) in [6, 6.07) is 8.11. The zero-order chi connectivity index (χ0) is 38.2. The first-order chi connectivity index (χ1) is 24.6. The molecule has 16 heteroatoms. The van der Waals surface area contributed by atoms with Crippen molar-refractivity contribution in [1.29, 1.82) is 0 Å². The van der Waals surface area contributed by atoms with Gasteiger partial charge >= 0.3 is 11.9 Å². The molecule has 1 fully saturated rings. The summed E-state index contributed by atoms with van der Waals surface area (Å²) in [6.07, 6.45) is -2.07. The Bertz CT molecular complexity index is 1980. The van der Waals surface area contributed by atoms with Crippen LogP contribution in [0.5, 0.6) is 34.5 Å². The number of fused-ring (bicyclic) bond motifs is 2. The number of hydrogen-bond acceptors (Lipinski definition) is 11. The highest BCUT2D eigenvalue weighted by atomic mass is 16.6. The van der Waals surface area contributed by atoms with Crippen LogP contribution in [0.15, 0.2) is 36.4 Å². The number of likely N-dealkylation sites (N-methyl/N-ethyl adjacent to an activating group) is 1. The summed E-state index contributed by atoms with van der Waals surface area (Å²) < 4.78 is 28.7. The molecule has 3 aromatic rings. The number of amides is 2. The van der Waals surface area contributed by atoms with E-state index in [9.17, 15) is 39.5 Å². The maximum atomic E-state index is 14.7. The number of nitro groups is 1. The fraction of sp³-hybridized carbons (Fsp3) is 0.389. The zero-order valence-corrected chi connectivity index (χ0v) is 29.7. The minimum absolute atomic E-state index is 0.0287. The maximum Gasteiger partial charge on any atom is 0.341 e. The number of carbonyl (C=O) groups is 4. The largest absolute Gasteiger partial charge is 0.496 e. The first-order valence-electron chi connectivity index (χ1n) is 16.2. The monoisotopic (exact) mass is 721 g/mol. The van der Waals surface area contributed by atoms with Gasteiger partial charge in [-0.2, -0.15) is 0 Å². The molecule has 2 heterocycles. The number of non-ortho nitro benzene ring substituents is 1. The molecule has 0 radical (unpaired) electrons. The number of rotatable bonds is 13. The molecule has 52 heavy (non-hydrogen) atoms. The van der Waals surface area contributed by atoms with Crippen molar-refractivity contribution in [3.05, 3.63) is 74.3 Å². The quantitative estimate of drug-likeness (QED) is 0.185. The topological polar surface area (TPSA) is 205 Å². The summed E-state index contributed by atoms with van der Waals surface area (Å²) in [6.45, 7) is 6.31. The van der Waals surface area contributed by atoms with E-state index in [4.69, 9.17) is 23.7 Å². The van der Waals surface area contributed by atoms with E-state index in [1.165, 1.54) is 38.1 Å². The average molecular weight is 722 g/mol. The van der Waals surface area contributed by atoms with E-state index >= 15 is 0 Å². The lowest BCUT2D eigenvalue weighted by atomic mass is 9.74. The van der Waals surface area contributed by atoms with Gasteiger partial charge in [-0.25, -0.2) is 4.79 Å². The Balaban J connectivity index is 1.68. The Morgan fingerprint density at radius 3 is 1.94 bits per heavy atom. The molecule has 276 valence electrons. The predicted molar refractivity (Wildman–Crippen MR) is 182 cm³/mol. The van der Waals surface area contributed by atoms with Crippen LogP contribution in [-0.2, 0) is 37.4 Å². The Morgan fingerprint density at radius 2 is 1.46 bits per heavy atom. The van der Waals surface area contributed by atoms with Crippen LogP contribution >= 0.6 is 0 Å². The SMILES string of the molecule is CCN1C(=O)[C@H](C)N(C(=O)Cc2c(OC)ccc3c2Oc2c(ccc(OC)c2CC(=O)O)C3(C)C)[C@@H]1c1cc([N+](=O)[O-])cc(OC)c1OCC(=O)O. The number of carbonyl (C=O) groups excluding carboxylic acids is 2. The van der Waals surface area contributed by atoms with Gasteiger partial charge < -0.3 is 43.7 Å². The molecule has 0 aliphatic carbocycles. The van der Waals surface area contributed by atoms with Gasteiger partial charge in [0.1, 0.15) is 35.2 Å². The molecular weight excluding hydrogens is 682 g/mol. The van der Waals surface area contributed by atoms with Crippen molar-refractivity contribution < 1.29 is 58.0 Å². The van der Waals surface area contributed by atoms with E-state index in [-0.39, 0.29) is 47.3 Å². The number of nitrogens with zero attached hydrogens (tertiary/aromatic N) is 3. The fourth-order valence-electron chi connectivity index (χ4n) is 6.98. The van der Waals surface area contributed by atoms with Gasteiger partial charge in [0.2, 0.25) is 11.8 Å². The molecule has 2 aliphatic heterocycles. The molecule has 0 saturated carbocycles. The van der Waals surface area contributed by atoms with Crippen LogP contribution in [-0.4, -0.2) is 89.2 Å². The van der Waals surface area contributed by atoms with Crippen molar-refractivity contribution in [3.63, 3.8) is 0 Å². The van der Waals surface area contributed by atoms with Gasteiger partial charge in [0.05, 0.1) is 45.2 Å². The third kappa shape index (κ3) is 6.35. The predicted octanol–water partition coefficient (Wildman–Crippen LogP) is 4.46. The van der Waals surface area contributed by atoms with Crippen molar-refractivity contribution in [1.82, 2.24) is 9.80 Å². The average Bonchev–Trinajstić information content (AvgIpc) is 3.35. The number of aliphatic carboxylic acids is 2. The fourth-order valence-corrected chi connectivity index (χ4v) is 6.98. The minimum atomic E-state index is -1.34. The lowest BCUT2D eigenvalue weighted by Crippen LogP contribution is -2.39. The number of nitro benzene ring substituents is 1. The van der Waals surface area contributed by atoms with Gasteiger partial charge in [-0.3, -0.25) is 24.5 Å². The Labute approximate surface area is 298 Å². The van der Waals surface area contributed by atoms with E-state index in [0.717, 1.165) is 12.1 Å².